The lowest BCUT2D eigenvalue weighted by atomic mass is 9.72. The van der Waals surface area contributed by atoms with E-state index in [1.54, 1.807) is 0 Å². The van der Waals surface area contributed by atoms with Crippen molar-refractivity contribution in [3.8, 4) is 0 Å². The molecule has 1 saturated carbocycles. The Bertz CT molecular complexity index is 657. The van der Waals surface area contributed by atoms with Crippen LogP contribution in [0.25, 0.3) is 10.9 Å². The van der Waals surface area contributed by atoms with Gasteiger partial charge in [-0.1, -0.05) is 32.4 Å². The van der Waals surface area contributed by atoms with E-state index in [0.29, 0.717) is 16.7 Å². The van der Waals surface area contributed by atoms with Gasteiger partial charge in [0.1, 0.15) is 5.82 Å². The van der Waals surface area contributed by atoms with Crippen LogP contribution in [0.15, 0.2) is 29.1 Å². The molecule has 1 fully saturated rings. The van der Waals surface area contributed by atoms with Gasteiger partial charge in [0.05, 0.1) is 10.9 Å². The van der Waals surface area contributed by atoms with E-state index in [4.69, 9.17) is 0 Å². The zero-order valence-corrected chi connectivity index (χ0v) is 11.6. The van der Waals surface area contributed by atoms with E-state index >= 15 is 0 Å². The van der Waals surface area contributed by atoms with Crippen LogP contribution in [0.1, 0.15) is 51.3 Å². The van der Waals surface area contributed by atoms with E-state index in [-0.39, 0.29) is 5.56 Å². The summed E-state index contributed by atoms with van der Waals surface area (Å²) in [6.07, 6.45) is 4.72. The fraction of sp³-hybridized carbons (Fsp3) is 0.500. The molecule has 1 aromatic heterocycles. The van der Waals surface area contributed by atoms with Crippen molar-refractivity contribution < 1.29 is 0 Å². The molecule has 2 aromatic rings. The molecule has 3 nitrogen and oxygen atoms in total. The third-order valence-electron chi connectivity index (χ3n) is 4.22. The number of para-hydroxylation sites is 1. The number of aromatic amines is 1. The van der Waals surface area contributed by atoms with Gasteiger partial charge in [0, 0.05) is 5.92 Å². The van der Waals surface area contributed by atoms with Crippen LogP contribution in [-0.4, -0.2) is 9.97 Å². The molecular weight excluding hydrogens is 236 g/mol. The molecule has 19 heavy (non-hydrogen) atoms. The smallest absolute Gasteiger partial charge is 0.258 e. The summed E-state index contributed by atoms with van der Waals surface area (Å²) in [5, 5.41) is 0.682. The first kappa shape index (κ1) is 12.4. The lowest BCUT2D eigenvalue weighted by molar-refractivity contribution is 0.215. The molecule has 0 unspecified atom stereocenters. The van der Waals surface area contributed by atoms with Crippen molar-refractivity contribution in [2.24, 2.45) is 5.41 Å². The Morgan fingerprint density at radius 3 is 2.89 bits per heavy atom. The Hall–Kier alpha value is -1.64. The van der Waals surface area contributed by atoms with Gasteiger partial charge in [-0.05, 0) is 36.8 Å². The van der Waals surface area contributed by atoms with Crippen LogP contribution < -0.4 is 5.56 Å². The molecule has 3 heteroatoms. The van der Waals surface area contributed by atoms with Crippen LogP contribution in [-0.2, 0) is 0 Å². The predicted molar refractivity (Wildman–Crippen MR) is 77.4 cm³/mol. The highest BCUT2D eigenvalue weighted by Gasteiger charge is 2.30. The second kappa shape index (κ2) is 4.48. The molecule has 1 N–H and O–H groups in total. The molecule has 0 amide bonds. The summed E-state index contributed by atoms with van der Waals surface area (Å²) in [4.78, 5) is 19.8. The Kier molecular flexibility index (Phi) is 2.92. The van der Waals surface area contributed by atoms with E-state index in [1.807, 2.05) is 24.3 Å². The molecule has 0 saturated heterocycles. The first-order valence-corrected chi connectivity index (χ1v) is 7.04. The Labute approximate surface area is 113 Å². The maximum Gasteiger partial charge on any atom is 0.258 e. The van der Waals surface area contributed by atoms with Gasteiger partial charge in [-0.3, -0.25) is 4.79 Å². The summed E-state index contributed by atoms with van der Waals surface area (Å²) in [5.74, 6) is 1.26. The lowest BCUT2D eigenvalue weighted by Crippen LogP contribution is -2.24. The molecule has 1 aliphatic carbocycles. The van der Waals surface area contributed by atoms with Gasteiger partial charge in [-0.25, -0.2) is 4.98 Å². The molecule has 0 bridgehead atoms. The number of hydrogen-bond acceptors (Lipinski definition) is 2. The monoisotopic (exact) mass is 256 g/mol. The van der Waals surface area contributed by atoms with E-state index in [0.717, 1.165) is 24.2 Å². The number of H-pyrrole nitrogens is 1. The summed E-state index contributed by atoms with van der Waals surface area (Å²) in [6, 6.07) is 7.56. The molecule has 3 rings (SSSR count). The van der Waals surface area contributed by atoms with Gasteiger partial charge >= 0.3 is 0 Å². The molecule has 1 heterocycles. The lowest BCUT2D eigenvalue weighted by Gasteiger charge is -2.34. The molecule has 1 aromatic carbocycles. The van der Waals surface area contributed by atoms with E-state index < -0.39 is 0 Å². The minimum absolute atomic E-state index is 0.0102. The molecular formula is C16H20N2O. The van der Waals surface area contributed by atoms with Crippen molar-refractivity contribution in [1.29, 1.82) is 0 Å². The number of hydrogen-bond donors (Lipinski definition) is 1. The summed E-state index contributed by atoms with van der Waals surface area (Å²) >= 11 is 0. The maximum atomic E-state index is 12.1. The van der Waals surface area contributed by atoms with Crippen LogP contribution in [0, 0.1) is 5.41 Å². The number of nitrogens with one attached hydrogen (secondary N) is 1. The van der Waals surface area contributed by atoms with Crippen molar-refractivity contribution in [2.45, 2.75) is 45.4 Å². The highest BCUT2D eigenvalue weighted by atomic mass is 16.1. The SMILES string of the molecule is CC1(C)CCC[C@H](c2nc3ccccc3c(=O)[nH]2)C1. The molecule has 0 radical (unpaired) electrons. The van der Waals surface area contributed by atoms with Crippen molar-refractivity contribution in [1.82, 2.24) is 9.97 Å². The van der Waals surface area contributed by atoms with Crippen LogP contribution in [0.4, 0.5) is 0 Å². The predicted octanol–water partition coefficient (Wildman–Crippen LogP) is 3.61. The average Bonchev–Trinajstić information content (AvgIpc) is 2.37. The summed E-state index contributed by atoms with van der Waals surface area (Å²) < 4.78 is 0. The zero-order valence-electron chi connectivity index (χ0n) is 11.6. The van der Waals surface area contributed by atoms with E-state index in [1.165, 1.54) is 12.8 Å². The first-order chi connectivity index (χ1) is 9.05. The third-order valence-corrected chi connectivity index (χ3v) is 4.22. The zero-order chi connectivity index (χ0) is 13.5. The fourth-order valence-electron chi connectivity index (χ4n) is 3.23. The fourth-order valence-corrected chi connectivity index (χ4v) is 3.23. The van der Waals surface area contributed by atoms with E-state index in [2.05, 4.69) is 23.8 Å². The summed E-state index contributed by atoms with van der Waals surface area (Å²) in [5.41, 5.74) is 1.15. The van der Waals surface area contributed by atoms with Gasteiger partial charge in [-0.15, -0.1) is 0 Å². The van der Waals surface area contributed by atoms with Crippen LogP contribution >= 0.6 is 0 Å². The number of benzene rings is 1. The highest BCUT2D eigenvalue weighted by Crippen LogP contribution is 2.42. The van der Waals surface area contributed by atoms with Crippen molar-refractivity contribution in [3.63, 3.8) is 0 Å². The van der Waals surface area contributed by atoms with E-state index in [9.17, 15) is 4.79 Å². The summed E-state index contributed by atoms with van der Waals surface area (Å²) in [7, 11) is 0. The minimum atomic E-state index is -0.0102. The standard InChI is InChI=1S/C16H20N2O/c1-16(2)9-5-6-11(10-16)14-17-13-8-4-3-7-12(13)15(19)18-14/h3-4,7-8,11H,5-6,9-10H2,1-2H3,(H,17,18,19)/t11-/m0/s1. The van der Waals surface area contributed by atoms with Gasteiger partial charge < -0.3 is 4.98 Å². The first-order valence-electron chi connectivity index (χ1n) is 7.04. The van der Waals surface area contributed by atoms with Gasteiger partial charge in [0.25, 0.3) is 5.56 Å². The quantitative estimate of drug-likeness (QED) is 0.847. The largest absolute Gasteiger partial charge is 0.310 e. The highest BCUT2D eigenvalue weighted by molar-refractivity contribution is 5.77. The third kappa shape index (κ3) is 2.42. The van der Waals surface area contributed by atoms with Crippen LogP contribution in [0.3, 0.4) is 0 Å². The van der Waals surface area contributed by atoms with Crippen molar-refractivity contribution in [3.05, 3.63) is 40.4 Å². The average molecular weight is 256 g/mol. The number of fused-ring (bicyclic) bond motifs is 1. The minimum Gasteiger partial charge on any atom is -0.310 e. The maximum absolute atomic E-state index is 12.1. The normalized spacial score (nSPS) is 22.5. The molecule has 1 atom stereocenters. The number of nitrogens with zero attached hydrogens (tertiary/aromatic N) is 1. The molecule has 0 aliphatic heterocycles. The summed E-state index contributed by atoms with van der Waals surface area (Å²) in [6.45, 7) is 4.61. The molecule has 100 valence electrons. The van der Waals surface area contributed by atoms with Gasteiger partial charge in [0.2, 0.25) is 0 Å². The molecule has 1 aliphatic rings. The number of rotatable bonds is 1. The second-order valence-corrected chi connectivity index (χ2v) is 6.43. The van der Waals surface area contributed by atoms with Crippen molar-refractivity contribution >= 4 is 10.9 Å². The van der Waals surface area contributed by atoms with Crippen molar-refractivity contribution in [2.75, 3.05) is 0 Å². The Balaban J connectivity index is 2.03. The topological polar surface area (TPSA) is 45.8 Å². The van der Waals surface area contributed by atoms with Gasteiger partial charge in [-0.2, -0.15) is 0 Å². The number of aromatic nitrogens is 2. The Morgan fingerprint density at radius 2 is 2.11 bits per heavy atom. The second-order valence-electron chi connectivity index (χ2n) is 6.43. The van der Waals surface area contributed by atoms with Crippen LogP contribution in [0.5, 0.6) is 0 Å². The molecule has 0 spiro atoms. The Morgan fingerprint density at radius 1 is 1.32 bits per heavy atom. The van der Waals surface area contributed by atoms with Crippen LogP contribution in [0.2, 0.25) is 0 Å². The van der Waals surface area contributed by atoms with Gasteiger partial charge in [0.15, 0.2) is 0 Å².